The van der Waals surface area contributed by atoms with Crippen molar-refractivity contribution in [2.24, 2.45) is 13.0 Å². The third kappa shape index (κ3) is 8.66. The molecule has 13 nitrogen and oxygen atoms in total. The number of aromatic nitrogens is 2. The van der Waals surface area contributed by atoms with E-state index in [1.54, 1.807) is 42.1 Å². The Kier molecular flexibility index (Phi) is 11.9. The molecule has 254 valence electrons. The van der Waals surface area contributed by atoms with E-state index < -0.39 is 38.1 Å². The molecule has 4 rings (SSSR count). The van der Waals surface area contributed by atoms with Crippen LogP contribution in [0.1, 0.15) is 50.4 Å². The second-order valence-electron chi connectivity index (χ2n) is 11.7. The molecule has 1 amide bonds. The number of likely N-dealkylation sites (N-methyl/N-ethyl adjacent to an activating group) is 1. The molecule has 16 heteroatoms. The van der Waals surface area contributed by atoms with E-state index in [4.69, 9.17) is 9.47 Å². The van der Waals surface area contributed by atoms with Gasteiger partial charge in [-0.15, -0.1) is 11.3 Å². The van der Waals surface area contributed by atoms with Crippen LogP contribution in [-0.4, -0.2) is 98.2 Å². The Labute approximate surface area is 275 Å². The highest BCUT2D eigenvalue weighted by Gasteiger charge is 2.33. The third-order valence-corrected chi connectivity index (χ3v) is 12.3. The van der Waals surface area contributed by atoms with Gasteiger partial charge in [-0.1, -0.05) is 13.0 Å². The zero-order chi connectivity index (χ0) is 33.6. The number of fused-ring (bicyclic) bond motifs is 1. The van der Waals surface area contributed by atoms with E-state index in [0.717, 1.165) is 17.8 Å². The first-order valence-electron chi connectivity index (χ1n) is 15.1. The van der Waals surface area contributed by atoms with Crippen LogP contribution < -0.4 is 9.46 Å². The molecule has 3 aromatic rings. The van der Waals surface area contributed by atoms with E-state index in [1.165, 1.54) is 40.9 Å². The normalized spacial score (nSPS) is 21.3. The van der Waals surface area contributed by atoms with Crippen LogP contribution in [0.5, 0.6) is 5.75 Å². The molecule has 1 aliphatic rings. The molecule has 2 aromatic heterocycles. The van der Waals surface area contributed by atoms with E-state index in [2.05, 4.69) is 9.71 Å². The fraction of sp³-hybridized carbons (Fsp3) is 0.533. The van der Waals surface area contributed by atoms with Gasteiger partial charge in [0.25, 0.3) is 26.0 Å². The van der Waals surface area contributed by atoms with Gasteiger partial charge in [-0.05, 0) is 62.8 Å². The average molecular weight is 698 g/mol. The van der Waals surface area contributed by atoms with Crippen molar-refractivity contribution in [3.63, 3.8) is 0 Å². The zero-order valence-electron chi connectivity index (χ0n) is 26.7. The van der Waals surface area contributed by atoms with E-state index in [1.807, 2.05) is 13.8 Å². The van der Waals surface area contributed by atoms with Crippen LogP contribution in [0.3, 0.4) is 0 Å². The maximum atomic E-state index is 14.3. The maximum absolute atomic E-state index is 14.3. The summed E-state index contributed by atoms with van der Waals surface area (Å²) in [6.07, 6.45) is 4.12. The number of aliphatic hydroxyl groups excluding tert-OH is 1. The van der Waals surface area contributed by atoms with Crippen molar-refractivity contribution < 1.29 is 36.2 Å². The zero-order valence-corrected chi connectivity index (χ0v) is 29.1. The van der Waals surface area contributed by atoms with Gasteiger partial charge in [0.1, 0.15) is 9.96 Å². The van der Waals surface area contributed by atoms with Gasteiger partial charge in [-0.3, -0.25) is 9.52 Å². The lowest BCUT2D eigenvalue weighted by Crippen LogP contribution is -2.48. The fourth-order valence-corrected chi connectivity index (χ4v) is 8.29. The Morgan fingerprint density at radius 2 is 1.96 bits per heavy atom. The molecule has 0 saturated heterocycles. The molecule has 0 radical (unpaired) electrons. The highest BCUT2D eigenvalue weighted by atomic mass is 32.2. The quantitative estimate of drug-likeness (QED) is 0.342. The van der Waals surface area contributed by atoms with Gasteiger partial charge >= 0.3 is 0 Å². The minimum absolute atomic E-state index is 0.0142. The Hall–Kier alpha value is -3.02. The van der Waals surface area contributed by atoms with Crippen molar-refractivity contribution in [1.82, 2.24) is 18.8 Å². The van der Waals surface area contributed by atoms with Crippen LogP contribution >= 0.6 is 11.3 Å². The molecule has 0 fully saturated rings. The summed E-state index contributed by atoms with van der Waals surface area (Å²) in [5.74, 6) is -0.547. The predicted octanol–water partition coefficient (Wildman–Crippen LogP) is 3.40. The molecule has 0 saturated carbocycles. The second kappa shape index (κ2) is 15.3. The maximum Gasteiger partial charge on any atom is 0.271 e. The number of nitrogens with one attached hydrogen (secondary N) is 1. The van der Waals surface area contributed by atoms with Gasteiger partial charge in [0, 0.05) is 51.6 Å². The van der Waals surface area contributed by atoms with Gasteiger partial charge < -0.3 is 24.0 Å². The first-order valence-corrected chi connectivity index (χ1v) is 18.9. The standard InChI is InChI=1S/C30H43N5O8S3/c1-21-16-35(22(2)19-36)30(37)25-15-24(32-45(38,39)29-10-8-14-44-29)11-12-26(25)43-23(3)9-6-7-13-42-27(21)17-34(5)46(40,41)28-18-33(4)20-31-28/h8,10-12,14-15,18,20-23,27,32,36H,6-7,9,13,16-17,19H2,1-5H3/t21-,22-,23-,27-/m0/s1. The first kappa shape index (κ1) is 35.8. The highest BCUT2D eigenvalue weighted by molar-refractivity contribution is 7.94. The molecule has 1 aliphatic heterocycles. The smallest absolute Gasteiger partial charge is 0.271 e. The number of rotatable bonds is 9. The number of ether oxygens (including phenoxy) is 2. The van der Waals surface area contributed by atoms with Crippen molar-refractivity contribution >= 4 is 43.0 Å². The monoisotopic (exact) mass is 697 g/mol. The topological polar surface area (TPSA) is 160 Å². The number of anilines is 1. The summed E-state index contributed by atoms with van der Waals surface area (Å²) < 4.78 is 70.4. The van der Waals surface area contributed by atoms with Gasteiger partial charge in [0.2, 0.25) is 0 Å². The first-order chi connectivity index (χ1) is 21.7. The lowest BCUT2D eigenvalue weighted by atomic mass is 10.0. The van der Waals surface area contributed by atoms with Gasteiger partial charge in [-0.25, -0.2) is 21.8 Å². The number of thiophene rings is 1. The highest BCUT2D eigenvalue weighted by Crippen LogP contribution is 2.30. The van der Waals surface area contributed by atoms with Crippen LogP contribution in [0, 0.1) is 5.92 Å². The number of carbonyl (C=O) groups is 1. The summed E-state index contributed by atoms with van der Waals surface area (Å²) in [7, 11) is -4.62. The summed E-state index contributed by atoms with van der Waals surface area (Å²) in [4.78, 5) is 19.8. The fourth-order valence-electron chi connectivity index (χ4n) is 5.10. The summed E-state index contributed by atoms with van der Waals surface area (Å²) in [6, 6.07) is 7.08. The molecule has 2 N–H and O–H groups in total. The van der Waals surface area contributed by atoms with Crippen LogP contribution in [-0.2, 0) is 31.8 Å². The number of aryl methyl sites for hydroxylation is 1. The summed E-state index contributed by atoms with van der Waals surface area (Å²) in [5.41, 5.74) is 0.320. The predicted molar refractivity (Wildman–Crippen MR) is 175 cm³/mol. The van der Waals surface area contributed by atoms with Crippen molar-refractivity contribution in [2.75, 3.05) is 38.1 Å². The minimum atomic E-state index is -3.90. The van der Waals surface area contributed by atoms with Gasteiger partial charge in [0.15, 0.2) is 5.03 Å². The van der Waals surface area contributed by atoms with Gasteiger partial charge in [-0.2, -0.15) is 4.31 Å². The molecule has 1 aromatic carbocycles. The van der Waals surface area contributed by atoms with Crippen molar-refractivity contribution in [3.8, 4) is 5.75 Å². The number of hydrogen-bond acceptors (Lipinski definition) is 10. The summed E-state index contributed by atoms with van der Waals surface area (Å²) >= 11 is 1.08. The van der Waals surface area contributed by atoms with E-state index >= 15 is 0 Å². The Morgan fingerprint density at radius 1 is 1.20 bits per heavy atom. The molecular weight excluding hydrogens is 655 g/mol. The molecule has 0 unspecified atom stereocenters. The number of nitrogens with zero attached hydrogens (tertiary/aromatic N) is 4. The van der Waals surface area contributed by atoms with Crippen molar-refractivity contribution in [1.29, 1.82) is 0 Å². The molecule has 0 spiro atoms. The van der Waals surface area contributed by atoms with E-state index in [-0.39, 0.29) is 52.2 Å². The SMILES string of the molecule is C[C@H]1CCCCO[C@@H](CN(C)S(=O)(=O)c2cn(C)cn2)[C@@H](C)CN([C@@H](C)CO)C(=O)c2cc(NS(=O)(=O)c3cccs3)ccc2O1. The van der Waals surface area contributed by atoms with E-state index in [0.29, 0.717) is 25.2 Å². The lowest BCUT2D eigenvalue weighted by Gasteiger charge is -2.35. The summed E-state index contributed by atoms with van der Waals surface area (Å²) in [6.45, 7) is 5.64. The largest absolute Gasteiger partial charge is 0.490 e. The van der Waals surface area contributed by atoms with Crippen LogP contribution in [0.2, 0.25) is 0 Å². The molecule has 3 heterocycles. The van der Waals surface area contributed by atoms with Crippen LogP contribution in [0.15, 0.2) is 57.5 Å². The van der Waals surface area contributed by atoms with Crippen LogP contribution in [0.25, 0.3) is 0 Å². The number of aliphatic hydroxyl groups is 1. The average Bonchev–Trinajstić information content (AvgIpc) is 3.72. The second-order valence-corrected chi connectivity index (χ2v) is 16.6. The molecule has 46 heavy (non-hydrogen) atoms. The lowest BCUT2D eigenvalue weighted by molar-refractivity contribution is -0.00835. The number of amides is 1. The van der Waals surface area contributed by atoms with Crippen molar-refractivity contribution in [2.45, 2.75) is 67.5 Å². The number of imidazole rings is 1. The molecular formula is C30H43N5O8S3. The Morgan fingerprint density at radius 3 is 2.61 bits per heavy atom. The summed E-state index contributed by atoms with van der Waals surface area (Å²) in [5, 5.41) is 11.8. The molecule has 0 bridgehead atoms. The third-order valence-electron chi connectivity index (χ3n) is 7.86. The minimum Gasteiger partial charge on any atom is -0.490 e. The Balaban J connectivity index is 1.67. The number of carbonyl (C=O) groups excluding carboxylic acids is 1. The van der Waals surface area contributed by atoms with E-state index in [9.17, 15) is 26.7 Å². The molecule has 4 atom stereocenters. The van der Waals surface area contributed by atoms with Crippen LogP contribution in [0.4, 0.5) is 5.69 Å². The Bertz CT molecular complexity index is 1680. The van der Waals surface area contributed by atoms with Gasteiger partial charge in [0.05, 0.1) is 36.7 Å². The number of benzene rings is 1. The number of sulfonamides is 2. The number of hydrogen-bond donors (Lipinski definition) is 2. The van der Waals surface area contributed by atoms with Crippen molar-refractivity contribution in [3.05, 3.63) is 53.8 Å². The molecule has 0 aliphatic carbocycles.